The Morgan fingerprint density at radius 3 is 2.21 bits per heavy atom. The molecule has 208 valence electrons. The average Bonchev–Trinajstić information content (AvgIpc) is 3.79. The zero-order valence-corrected chi connectivity index (χ0v) is 23.8. The van der Waals surface area contributed by atoms with Crippen molar-refractivity contribution in [2.75, 3.05) is 20.2 Å². The van der Waals surface area contributed by atoms with Gasteiger partial charge in [-0.3, -0.25) is 14.2 Å². The van der Waals surface area contributed by atoms with Crippen molar-refractivity contribution in [2.45, 2.75) is 12.8 Å². The lowest BCUT2D eigenvalue weighted by atomic mass is 10.1. The number of carbonyl (C=O) groups is 1. The number of thiazole rings is 1. The molecule has 1 amide bonds. The molecule has 3 heterocycles. The molecule has 2 aromatic heterocycles. The van der Waals surface area contributed by atoms with E-state index in [9.17, 15) is 14.9 Å². The molecule has 0 radical (unpaired) electrons. The predicted molar refractivity (Wildman–Crippen MR) is 163 cm³/mol. The molecular formula is C33H27N5O3S. The molecule has 0 spiro atoms. The second-order valence-corrected chi connectivity index (χ2v) is 10.9. The van der Waals surface area contributed by atoms with Gasteiger partial charge < -0.3 is 9.64 Å². The van der Waals surface area contributed by atoms with Gasteiger partial charge in [0.15, 0.2) is 5.57 Å². The third-order valence-corrected chi connectivity index (χ3v) is 8.28. The quantitative estimate of drug-likeness (QED) is 0.307. The Kier molecular flexibility index (Phi) is 7.54. The maximum absolute atomic E-state index is 14.0. The molecule has 8 nitrogen and oxygen atoms in total. The maximum atomic E-state index is 14.0. The van der Waals surface area contributed by atoms with Crippen LogP contribution in [0.25, 0.3) is 34.3 Å². The molecule has 9 heteroatoms. The summed E-state index contributed by atoms with van der Waals surface area (Å²) in [5, 5.41) is 15.0. The van der Waals surface area contributed by atoms with Crippen molar-refractivity contribution in [3.63, 3.8) is 0 Å². The van der Waals surface area contributed by atoms with Crippen molar-refractivity contribution < 1.29 is 9.53 Å². The number of likely N-dealkylation sites (tertiary alicyclic amines) is 1. The van der Waals surface area contributed by atoms with Gasteiger partial charge in [0.2, 0.25) is 0 Å². The first-order chi connectivity index (χ1) is 20.6. The van der Waals surface area contributed by atoms with Crippen LogP contribution in [0.2, 0.25) is 0 Å². The predicted octanol–water partition coefficient (Wildman–Crippen LogP) is 3.89. The van der Waals surface area contributed by atoms with Gasteiger partial charge in [-0.2, -0.15) is 10.4 Å². The van der Waals surface area contributed by atoms with Crippen molar-refractivity contribution in [1.82, 2.24) is 19.2 Å². The van der Waals surface area contributed by atoms with E-state index in [2.05, 4.69) is 6.07 Å². The van der Waals surface area contributed by atoms with Crippen LogP contribution in [0.15, 0.2) is 95.9 Å². The highest BCUT2D eigenvalue weighted by atomic mass is 32.1. The van der Waals surface area contributed by atoms with Crippen molar-refractivity contribution in [3.8, 4) is 34.5 Å². The Labute approximate surface area is 246 Å². The summed E-state index contributed by atoms with van der Waals surface area (Å²) < 4.78 is 9.29. The molecular weight excluding hydrogens is 546 g/mol. The van der Waals surface area contributed by atoms with Gasteiger partial charge in [-0.25, -0.2) is 4.68 Å². The van der Waals surface area contributed by atoms with Gasteiger partial charge in [0.25, 0.3) is 11.5 Å². The highest BCUT2D eigenvalue weighted by molar-refractivity contribution is 7.07. The summed E-state index contributed by atoms with van der Waals surface area (Å²) in [4.78, 5) is 29.1. The number of aromatic nitrogens is 3. The van der Waals surface area contributed by atoms with E-state index >= 15 is 0 Å². The molecule has 0 aliphatic carbocycles. The van der Waals surface area contributed by atoms with Crippen LogP contribution in [-0.4, -0.2) is 45.4 Å². The molecule has 0 atom stereocenters. The Balaban J connectivity index is 1.60. The minimum atomic E-state index is -0.344. The van der Waals surface area contributed by atoms with Gasteiger partial charge in [0.1, 0.15) is 22.2 Å². The topological polar surface area (TPSA) is 93.1 Å². The van der Waals surface area contributed by atoms with Gasteiger partial charge in [-0.05, 0) is 67.4 Å². The van der Waals surface area contributed by atoms with E-state index < -0.39 is 0 Å². The summed E-state index contributed by atoms with van der Waals surface area (Å²) in [7, 11) is 1.62. The molecule has 0 bridgehead atoms. The number of para-hydroxylation sites is 2. The van der Waals surface area contributed by atoms with Gasteiger partial charge in [0.05, 0.1) is 23.0 Å². The summed E-state index contributed by atoms with van der Waals surface area (Å²) in [5.74, 6) is 0.381. The van der Waals surface area contributed by atoms with E-state index in [-0.39, 0.29) is 17.0 Å². The SMILES string of the molecule is COc1ccc(-c2nn(-c3ccccc3)cc2/C=c2\s/c(=C(/C#N)C(=O)N3CCCC3)n(-c3ccccc3)c2=O)cc1. The maximum Gasteiger partial charge on any atom is 0.273 e. The van der Waals surface area contributed by atoms with Gasteiger partial charge in [-0.1, -0.05) is 36.4 Å². The van der Waals surface area contributed by atoms with E-state index in [0.29, 0.717) is 33.7 Å². The van der Waals surface area contributed by atoms with Crippen molar-refractivity contribution in [3.05, 3.63) is 116 Å². The normalized spacial score (nSPS) is 14.1. The molecule has 1 aliphatic heterocycles. The number of methoxy groups -OCH3 is 1. The molecule has 42 heavy (non-hydrogen) atoms. The largest absolute Gasteiger partial charge is 0.497 e. The van der Waals surface area contributed by atoms with Crippen LogP contribution in [0, 0.1) is 11.3 Å². The van der Waals surface area contributed by atoms with Gasteiger partial charge in [-0.15, -0.1) is 11.3 Å². The molecule has 0 N–H and O–H groups in total. The van der Waals surface area contributed by atoms with Crippen molar-refractivity contribution in [1.29, 1.82) is 5.26 Å². The zero-order valence-electron chi connectivity index (χ0n) is 22.9. The van der Waals surface area contributed by atoms with Gasteiger partial charge >= 0.3 is 0 Å². The number of nitriles is 1. The zero-order chi connectivity index (χ0) is 29.1. The lowest BCUT2D eigenvalue weighted by Crippen LogP contribution is -2.35. The fraction of sp³-hybridized carbons (Fsp3) is 0.152. The first-order valence-electron chi connectivity index (χ1n) is 13.6. The monoisotopic (exact) mass is 573 g/mol. The van der Waals surface area contributed by atoms with Crippen LogP contribution < -0.4 is 19.5 Å². The highest BCUT2D eigenvalue weighted by Crippen LogP contribution is 2.26. The van der Waals surface area contributed by atoms with Gasteiger partial charge in [0, 0.05) is 30.4 Å². The van der Waals surface area contributed by atoms with Crippen LogP contribution in [0.1, 0.15) is 18.4 Å². The Bertz CT molecular complexity index is 1960. The van der Waals surface area contributed by atoms with E-state index in [0.717, 1.165) is 46.7 Å². The number of nitrogens with zero attached hydrogens (tertiary/aromatic N) is 5. The number of benzene rings is 3. The Morgan fingerprint density at radius 2 is 1.60 bits per heavy atom. The number of carbonyl (C=O) groups excluding carboxylic acids is 1. The molecule has 5 aromatic rings. The summed E-state index contributed by atoms with van der Waals surface area (Å²) in [5.41, 5.74) is 3.38. The summed E-state index contributed by atoms with van der Waals surface area (Å²) >= 11 is 1.14. The van der Waals surface area contributed by atoms with E-state index in [1.165, 1.54) is 4.57 Å². The van der Waals surface area contributed by atoms with Crippen molar-refractivity contribution >= 4 is 28.9 Å². The van der Waals surface area contributed by atoms with E-state index in [4.69, 9.17) is 9.84 Å². The molecule has 6 rings (SSSR count). The summed E-state index contributed by atoms with van der Waals surface area (Å²) in [6, 6.07) is 28.5. The molecule has 1 fully saturated rings. The lowest BCUT2D eigenvalue weighted by Gasteiger charge is -2.14. The Hall–Kier alpha value is -5.20. The molecule has 0 saturated carbocycles. The molecule has 3 aromatic carbocycles. The first-order valence-corrected chi connectivity index (χ1v) is 14.4. The standard InChI is InChI=1S/C33H27N5O3S/c1-41-27-16-14-23(15-17-27)30-24(22-37(35-30)25-10-4-2-5-11-25)20-29-32(40)38(26-12-6-3-7-13-26)33(42-29)28(21-34)31(39)36-18-8-9-19-36/h2-7,10-17,20,22H,8-9,18-19H2,1H3/b29-20-,33-28-. The third-order valence-electron chi connectivity index (χ3n) is 7.18. The molecule has 0 unspecified atom stereocenters. The number of hydrogen-bond acceptors (Lipinski definition) is 6. The smallest absolute Gasteiger partial charge is 0.273 e. The van der Waals surface area contributed by atoms with E-state index in [1.54, 1.807) is 34.9 Å². The number of hydrogen-bond donors (Lipinski definition) is 0. The minimum absolute atomic E-state index is 0.0298. The average molecular weight is 574 g/mol. The Morgan fingerprint density at radius 1 is 0.952 bits per heavy atom. The second kappa shape index (κ2) is 11.7. The summed E-state index contributed by atoms with van der Waals surface area (Å²) in [6.07, 6.45) is 5.47. The highest BCUT2D eigenvalue weighted by Gasteiger charge is 2.24. The second-order valence-electron chi connectivity index (χ2n) is 9.82. The van der Waals surface area contributed by atoms with Crippen molar-refractivity contribution in [2.24, 2.45) is 0 Å². The lowest BCUT2D eigenvalue weighted by molar-refractivity contribution is -0.123. The summed E-state index contributed by atoms with van der Waals surface area (Å²) in [6.45, 7) is 1.21. The van der Waals surface area contributed by atoms with Crippen LogP contribution in [0.4, 0.5) is 0 Å². The van der Waals surface area contributed by atoms with Crippen LogP contribution in [-0.2, 0) is 4.79 Å². The third kappa shape index (κ3) is 5.16. The van der Waals surface area contributed by atoms with Crippen LogP contribution in [0.5, 0.6) is 5.75 Å². The van der Waals surface area contributed by atoms with Crippen LogP contribution >= 0.6 is 11.3 Å². The van der Waals surface area contributed by atoms with E-state index in [1.807, 2.05) is 79.0 Å². The number of amides is 1. The first kappa shape index (κ1) is 27.0. The minimum Gasteiger partial charge on any atom is -0.497 e. The fourth-order valence-corrected chi connectivity index (χ4v) is 6.13. The molecule has 1 saturated heterocycles. The van der Waals surface area contributed by atoms with Crippen LogP contribution in [0.3, 0.4) is 0 Å². The fourth-order valence-electron chi connectivity index (χ4n) is 5.05. The number of ether oxygens (including phenoxy) is 1. The number of rotatable bonds is 6. The molecule has 1 aliphatic rings.